The minimum atomic E-state index is -1.48. The van der Waals surface area contributed by atoms with Gasteiger partial charge in [0.2, 0.25) is 0 Å². The highest BCUT2D eigenvalue weighted by molar-refractivity contribution is 5.82. The number of non-ortho nitro benzene ring substituents is 1. The molecule has 17 heavy (non-hydrogen) atoms. The monoisotopic (exact) mass is 229 g/mol. The molecular formula is C10H7N5O2. The Morgan fingerprint density at radius 2 is 2.29 bits per heavy atom. The van der Waals surface area contributed by atoms with Crippen LogP contribution in [-0.4, -0.2) is 10.8 Å². The summed E-state index contributed by atoms with van der Waals surface area (Å²) in [5, 5.41) is 27.3. The molecule has 1 aliphatic rings. The Bertz CT molecular complexity index is 587. The van der Waals surface area contributed by atoms with Crippen LogP contribution < -0.4 is 0 Å². The number of amidine groups is 1. The predicted molar refractivity (Wildman–Crippen MR) is 58.4 cm³/mol. The lowest BCUT2D eigenvalue weighted by Gasteiger charge is -2.11. The summed E-state index contributed by atoms with van der Waals surface area (Å²) in [7, 11) is 0. The zero-order valence-electron chi connectivity index (χ0n) is 8.86. The molecule has 0 saturated carbocycles. The molecule has 1 unspecified atom stereocenters. The first-order valence-corrected chi connectivity index (χ1v) is 4.73. The van der Waals surface area contributed by atoms with Gasteiger partial charge in [0.25, 0.3) is 11.4 Å². The van der Waals surface area contributed by atoms with E-state index in [4.69, 9.17) is 5.26 Å². The van der Waals surface area contributed by atoms with Crippen molar-refractivity contribution < 1.29 is 4.92 Å². The number of hydrogen-bond donors (Lipinski definition) is 0. The second kappa shape index (κ2) is 3.75. The van der Waals surface area contributed by atoms with Gasteiger partial charge in [-0.25, -0.2) is 4.99 Å². The molecule has 0 spiro atoms. The molecule has 84 valence electrons. The summed E-state index contributed by atoms with van der Waals surface area (Å²) in [6.45, 7) is 1.61. The van der Waals surface area contributed by atoms with Gasteiger partial charge >= 0.3 is 0 Å². The highest BCUT2D eigenvalue weighted by Gasteiger charge is 2.36. The summed E-state index contributed by atoms with van der Waals surface area (Å²) in [5.74, 6) is 0.373. The number of rotatable bonds is 2. The average Bonchev–Trinajstić information content (AvgIpc) is 2.72. The van der Waals surface area contributed by atoms with Gasteiger partial charge in [0.05, 0.1) is 4.92 Å². The molecule has 0 N–H and O–H groups in total. The van der Waals surface area contributed by atoms with Gasteiger partial charge in [0.1, 0.15) is 11.9 Å². The van der Waals surface area contributed by atoms with Crippen LogP contribution in [0.25, 0.3) is 0 Å². The topological polar surface area (TPSA) is 104 Å². The molecule has 0 bridgehead atoms. The van der Waals surface area contributed by atoms with Gasteiger partial charge in [0.15, 0.2) is 0 Å². The van der Waals surface area contributed by atoms with Crippen LogP contribution in [0.5, 0.6) is 0 Å². The fraction of sp³-hybridized carbons (Fsp3) is 0.200. The summed E-state index contributed by atoms with van der Waals surface area (Å²) < 4.78 is 0. The normalized spacial score (nSPS) is 22.0. The van der Waals surface area contributed by atoms with Crippen molar-refractivity contribution in [1.82, 2.24) is 0 Å². The van der Waals surface area contributed by atoms with Crippen molar-refractivity contribution in [1.29, 1.82) is 5.26 Å². The fourth-order valence-corrected chi connectivity index (χ4v) is 1.49. The Morgan fingerprint density at radius 1 is 1.53 bits per heavy atom. The van der Waals surface area contributed by atoms with Crippen molar-refractivity contribution in [3.8, 4) is 6.07 Å². The van der Waals surface area contributed by atoms with Crippen molar-refractivity contribution in [2.24, 2.45) is 15.2 Å². The summed E-state index contributed by atoms with van der Waals surface area (Å²) in [6, 6.07) is 7.60. The smallest absolute Gasteiger partial charge is 0.258 e. The first-order chi connectivity index (χ1) is 8.07. The molecule has 0 aliphatic carbocycles. The quantitative estimate of drug-likeness (QED) is 0.573. The Balaban J connectivity index is 2.55. The third kappa shape index (κ3) is 1.76. The van der Waals surface area contributed by atoms with Crippen molar-refractivity contribution in [3.05, 3.63) is 39.9 Å². The largest absolute Gasteiger partial charge is 0.284 e. The first kappa shape index (κ1) is 10.9. The molecule has 0 radical (unpaired) electrons. The number of nitro groups is 1. The maximum absolute atomic E-state index is 10.7. The lowest BCUT2D eigenvalue weighted by molar-refractivity contribution is -0.384. The van der Waals surface area contributed by atoms with Crippen molar-refractivity contribution in [3.63, 3.8) is 0 Å². The van der Waals surface area contributed by atoms with Gasteiger partial charge in [0, 0.05) is 17.7 Å². The maximum Gasteiger partial charge on any atom is 0.284 e. The molecule has 0 aromatic heterocycles. The van der Waals surface area contributed by atoms with Gasteiger partial charge in [-0.15, -0.1) is 10.2 Å². The minimum Gasteiger partial charge on any atom is -0.258 e. The van der Waals surface area contributed by atoms with Crippen LogP contribution in [0, 0.1) is 21.4 Å². The molecule has 1 aromatic rings. The highest BCUT2D eigenvalue weighted by atomic mass is 16.6. The van der Waals surface area contributed by atoms with Gasteiger partial charge in [-0.3, -0.25) is 10.1 Å². The summed E-state index contributed by atoms with van der Waals surface area (Å²) in [6.07, 6.45) is 0. The molecule has 1 aliphatic heterocycles. The number of aliphatic imine (C=N–C) groups is 1. The average molecular weight is 229 g/mol. The standard InChI is InChI=1S/C10H7N5O2/c1-7-12-10(6-11,14-13-7)8-3-2-4-9(5-8)15(16)17/h2-5H,1H3. The zero-order valence-corrected chi connectivity index (χ0v) is 8.86. The fourth-order valence-electron chi connectivity index (χ4n) is 1.49. The van der Waals surface area contributed by atoms with Crippen LogP contribution in [0.1, 0.15) is 12.5 Å². The molecule has 0 amide bonds. The number of benzene rings is 1. The minimum absolute atomic E-state index is 0.105. The summed E-state index contributed by atoms with van der Waals surface area (Å²) in [4.78, 5) is 14.1. The molecule has 0 saturated heterocycles. The van der Waals surface area contributed by atoms with E-state index in [2.05, 4.69) is 15.2 Å². The van der Waals surface area contributed by atoms with E-state index in [-0.39, 0.29) is 5.69 Å². The first-order valence-electron chi connectivity index (χ1n) is 4.73. The third-order valence-corrected chi connectivity index (χ3v) is 2.28. The molecule has 2 rings (SSSR count). The van der Waals surface area contributed by atoms with Gasteiger partial charge in [-0.05, 0) is 6.92 Å². The molecule has 1 heterocycles. The van der Waals surface area contributed by atoms with E-state index in [9.17, 15) is 10.1 Å². The van der Waals surface area contributed by atoms with E-state index in [0.29, 0.717) is 11.4 Å². The van der Waals surface area contributed by atoms with E-state index in [1.165, 1.54) is 18.2 Å². The number of nitriles is 1. The summed E-state index contributed by atoms with van der Waals surface area (Å²) in [5.41, 5.74) is -1.24. The maximum atomic E-state index is 10.7. The zero-order chi connectivity index (χ0) is 12.5. The number of nitro benzene ring substituents is 1. The van der Waals surface area contributed by atoms with Crippen LogP contribution in [0.3, 0.4) is 0 Å². The van der Waals surface area contributed by atoms with E-state index < -0.39 is 10.6 Å². The SMILES string of the molecule is CC1=NC(C#N)(c2cccc([N+](=O)[O-])c2)N=N1. The van der Waals surface area contributed by atoms with Crippen LogP contribution in [0.2, 0.25) is 0 Å². The Kier molecular flexibility index (Phi) is 2.40. The van der Waals surface area contributed by atoms with Crippen LogP contribution in [-0.2, 0) is 5.66 Å². The van der Waals surface area contributed by atoms with E-state index >= 15 is 0 Å². The molecular weight excluding hydrogens is 222 g/mol. The number of azo groups is 1. The lowest BCUT2D eigenvalue weighted by atomic mass is 10.0. The number of nitrogens with zero attached hydrogens (tertiary/aromatic N) is 5. The van der Waals surface area contributed by atoms with Gasteiger partial charge in [-0.2, -0.15) is 5.26 Å². The van der Waals surface area contributed by atoms with Crippen molar-refractivity contribution in [2.45, 2.75) is 12.6 Å². The molecule has 1 aromatic carbocycles. The van der Waals surface area contributed by atoms with Crippen molar-refractivity contribution >= 4 is 11.5 Å². The molecule has 0 fully saturated rings. The van der Waals surface area contributed by atoms with E-state index in [0.717, 1.165) is 0 Å². The van der Waals surface area contributed by atoms with Crippen LogP contribution in [0.4, 0.5) is 5.69 Å². The Labute approximate surface area is 96.3 Å². The molecule has 7 heteroatoms. The molecule has 1 atom stereocenters. The predicted octanol–water partition coefficient (Wildman–Crippen LogP) is 2.16. The lowest BCUT2D eigenvalue weighted by Crippen LogP contribution is -2.16. The number of hydrogen-bond acceptors (Lipinski definition) is 6. The second-order valence-corrected chi connectivity index (χ2v) is 3.45. The van der Waals surface area contributed by atoms with Crippen molar-refractivity contribution in [2.75, 3.05) is 0 Å². The Hall–Kier alpha value is -2.62. The third-order valence-electron chi connectivity index (χ3n) is 2.28. The molecule has 7 nitrogen and oxygen atoms in total. The van der Waals surface area contributed by atoms with Crippen LogP contribution >= 0.6 is 0 Å². The highest BCUT2D eigenvalue weighted by Crippen LogP contribution is 2.33. The summed E-state index contributed by atoms with van der Waals surface area (Å²) >= 11 is 0. The second-order valence-electron chi connectivity index (χ2n) is 3.45. The van der Waals surface area contributed by atoms with E-state index in [1.807, 2.05) is 6.07 Å². The van der Waals surface area contributed by atoms with E-state index in [1.54, 1.807) is 13.0 Å². The van der Waals surface area contributed by atoms with Crippen LogP contribution in [0.15, 0.2) is 39.5 Å². The Morgan fingerprint density at radius 3 is 2.82 bits per heavy atom. The van der Waals surface area contributed by atoms with Gasteiger partial charge in [-0.1, -0.05) is 12.1 Å². The van der Waals surface area contributed by atoms with Gasteiger partial charge < -0.3 is 0 Å².